The van der Waals surface area contributed by atoms with E-state index in [9.17, 15) is 15.0 Å². The molecule has 0 fully saturated rings. The maximum absolute atomic E-state index is 12.2. The van der Waals surface area contributed by atoms with Crippen molar-refractivity contribution in [3.05, 3.63) is 34.9 Å². The predicted octanol–water partition coefficient (Wildman–Crippen LogP) is 1.54. The second-order valence-corrected chi connectivity index (χ2v) is 4.85. The summed E-state index contributed by atoms with van der Waals surface area (Å²) in [5.74, 6) is -0.228. The lowest BCUT2D eigenvalue weighted by Gasteiger charge is -2.25. The highest BCUT2D eigenvalue weighted by atomic mass is 35.5. The summed E-state index contributed by atoms with van der Waals surface area (Å²) in [6.07, 6.45) is -1.28. The zero-order chi connectivity index (χ0) is 13.7. The molecule has 0 aromatic heterocycles. The Morgan fingerprint density at radius 2 is 1.61 bits per heavy atom. The van der Waals surface area contributed by atoms with Crippen LogP contribution in [0.2, 0.25) is 5.02 Å². The fraction of sp³-hybridized carbons (Fsp3) is 0.462. The quantitative estimate of drug-likeness (QED) is 0.854. The van der Waals surface area contributed by atoms with Crippen LogP contribution in [0.1, 0.15) is 24.2 Å². The minimum absolute atomic E-state index is 0.187. The Morgan fingerprint density at radius 1 is 1.17 bits per heavy atom. The monoisotopic (exact) mass is 271 g/mol. The highest BCUT2D eigenvalue weighted by molar-refractivity contribution is 6.30. The molecule has 1 amide bonds. The zero-order valence-corrected chi connectivity index (χ0v) is 11.3. The molecule has 0 aliphatic heterocycles. The first kappa shape index (κ1) is 15.0. The third-order valence-corrected chi connectivity index (χ3v) is 2.60. The number of aliphatic hydroxyl groups is 2. The number of carbonyl (C=O) groups is 1. The van der Waals surface area contributed by atoms with E-state index in [-0.39, 0.29) is 19.0 Å². The topological polar surface area (TPSA) is 60.8 Å². The van der Waals surface area contributed by atoms with Gasteiger partial charge in [0.05, 0.1) is 12.2 Å². The molecule has 5 heteroatoms. The second kappa shape index (κ2) is 6.73. The van der Waals surface area contributed by atoms with Crippen molar-refractivity contribution in [2.75, 3.05) is 13.1 Å². The van der Waals surface area contributed by atoms with Crippen LogP contribution in [0.3, 0.4) is 0 Å². The molecule has 0 saturated carbocycles. The molecule has 0 aliphatic carbocycles. The molecule has 0 aliphatic rings. The van der Waals surface area contributed by atoms with Crippen molar-refractivity contribution in [2.45, 2.75) is 26.1 Å². The number of rotatable bonds is 5. The number of nitrogens with zero attached hydrogens (tertiary/aromatic N) is 1. The van der Waals surface area contributed by atoms with E-state index in [4.69, 9.17) is 11.6 Å². The van der Waals surface area contributed by atoms with Gasteiger partial charge in [0.25, 0.3) is 5.91 Å². The Morgan fingerprint density at radius 3 is 2.00 bits per heavy atom. The average Bonchev–Trinajstić information content (AvgIpc) is 2.27. The number of amides is 1. The van der Waals surface area contributed by atoms with Crippen molar-refractivity contribution in [1.29, 1.82) is 0 Å². The van der Waals surface area contributed by atoms with Crippen LogP contribution in [0.5, 0.6) is 0 Å². The second-order valence-electron chi connectivity index (χ2n) is 4.42. The van der Waals surface area contributed by atoms with Gasteiger partial charge in [-0.15, -0.1) is 0 Å². The van der Waals surface area contributed by atoms with Crippen LogP contribution < -0.4 is 0 Å². The summed E-state index contributed by atoms with van der Waals surface area (Å²) >= 11 is 5.76. The van der Waals surface area contributed by atoms with Crippen molar-refractivity contribution in [2.24, 2.45) is 0 Å². The van der Waals surface area contributed by atoms with Gasteiger partial charge in [-0.2, -0.15) is 0 Å². The van der Waals surface area contributed by atoms with Crippen LogP contribution in [0, 0.1) is 0 Å². The van der Waals surface area contributed by atoms with E-state index in [0.717, 1.165) is 0 Å². The molecule has 4 nitrogen and oxygen atoms in total. The summed E-state index contributed by atoms with van der Waals surface area (Å²) < 4.78 is 0. The van der Waals surface area contributed by atoms with Gasteiger partial charge in [-0.3, -0.25) is 4.79 Å². The van der Waals surface area contributed by atoms with Crippen LogP contribution in [-0.4, -0.2) is 46.3 Å². The lowest BCUT2D eigenvalue weighted by Crippen LogP contribution is -2.40. The predicted molar refractivity (Wildman–Crippen MR) is 70.7 cm³/mol. The van der Waals surface area contributed by atoms with Gasteiger partial charge < -0.3 is 15.1 Å². The van der Waals surface area contributed by atoms with Crippen LogP contribution in [-0.2, 0) is 0 Å². The first-order valence-corrected chi connectivity index (χ1v) is 6.19. The summed E-state index contributed by atoms with van der Waals surface area (Å²) in [7, 11) is 0. The van der Waals surface area contributed by atoms with Crippen LogP contribution >= 0.6 is 11.6 Å². The lowest BCUT2D eigenvalue weighted by molar-refractivity contribution is 0.0518. The first-order chi connectivity index (χ1) is 8.40. The molecule has 0 spiro atoms. The van der Waals surface area contributed by atoms with E-state index >= 15 is 0 Å². The van der Waals surface area contributed by atoms with Crippen molar-refractivity contribution in [3.63, 3.8) is 0 Å². The lowest BCUT2D eigenvalue weighted by atomic mass is 10.2. The molecule has 1 aromatic rings. The number of aliphatic hydroxyl groups excluding tert-OH is 2. The molecule has 0 radical (unpaired) electrons. The standard InChI is InChI=1S/C13H18ClNO3/c1-9(16)7-15(8-10(2)17)13(18)11-3-5-12(14)6-4-11/h3-6,9-10,16-17H,7-8H2,1-2H3. The third-order valence-electron chi connectivity index (χ3n) is 2.35. The molecular formula is C13H18ClNO3. The summed E-state index contributed by atoms with van der Waals surface area (Å²) in [6, 6.07) is 6.53. The average molecular weight is 272 g/mol. The Kier molecular flexibility index (Phi) is 5.59. The molecule has 18 heavy (non-hydrogen) atoms. The molecule has 1 aromatic carbocycles. The highest BCUT2D eigenvalue weighted by Gasteiger charge is 2.18. The van der Waals surface area contributed by atoms with Gasteiger partial charge >= 0.3 is 0 Å². The smallest absolute Gasteiger partial charge is 0.254 e. The maximum atomic E-state index is 12.2. The number of halogens is 1. The summed E-state index contributed by atoms with van der Waals surface area (Å²) in [5, 5.41) is 19.3. The molecule has 1 rings (SSSR count). The molecule has 0 saturated heterocycles. The normalized spacial score (nSPS) is 14.1. The number of carbonyl (C=O) groups excluding carboxylic acids is 1. The van der Waals surface area contributed by atoms with E-state index in [1.54, 1.807) is 38.1 Å². The fourth-order valence-corrected chi connectivity index (χ4v) is 1.78. The van der Waals surface area contributed by atoms with Crippen molar-refractivity contribution < 1.29 is 15.0 Å². The highest BCUT2D eigenvalue weighted by Crippen LogP contribution is 2.12. The minimum atomic E-state index is -0.639. The van der Waals surface area contributed by atoms with Crippen molar-refractivity contribution in [3.8, 4) is 0 Å². The van der Waals surface area contributed by atoms with E-state index in [1.165, 1.54) is 4.90 Å². The van der Waals surface area contributed by atoms with E-state index in [2.05, 4.69) is 0 Å². The molecular weight excluding hydrogens is 254 g/mol. The number of benzene rings is 1. The molecule has 100 valence electrons. The molecule has 0 heterocycles. The van der Waals surface area contributed by atoms with Crippen LogP contribution in [0.4, 0.5) is 0 Å². The number of hydrogen-bond acceptors (Lipinski definition) is 3. The van der Waals surface area contributed by atoms with Gasteiger partial charge in [0.1, 0.15) is 0 Å². The van der Waals surface area contributed by atoms with Crippen molar-refractivity contribution in [1.82, 2.24) is 4.90 Å². The largest absolute Gasteiger partial charge is 0.392 e. The Bertz CT molecular complexity index is 380. The fourth-order valence-electron chi connectivity index (χ4n) is 1.65. The summed E-state index contributed by atoms with van der Waals surface area (Å²) in [6.45, 7) is 3.58. The van der Waals surface area contributed by atoms with Gasteiger partial charge in [-0.05, 0) is 38.1 Å². The minimum Gasteiger partial charge on any atom is -0.392 e. The Balaban J connectivity index is 2.83. The van der Waals surface area contributed by atoms with E-state index in [0.29, 0.717) is 10.6 Å². The third kappa shape index (κ3) is 4.64. The molecule has 0 bridgehead atoms. The van der Waals surface area contributed by atoms with Crippen LogP contribution in [0.25, 0.3) is 0 Å². The van der Waals surface area contributed by atoms with Gasteiger partial charge in [0, 0.05) is 23.7 Å². The van der Waals surface area contributed by atoms with E-state index in [1.807, 2.05) is 0 Å². The Labute approximate surface area is 112 Å². The first-order valence-electron chi connectivity index (χ1n) is 5.81. The maximum Gasteiger partial charge on any atom is 0.254 e. The van der Waals surface area contributed by atoms with Gasteiger partial charge in [0.15, 0.2) is 0 Å². The molecule has 2 atom stereocenters. The Hall–Kier alpha value is -1.10. The van der Waals surface area contributed by atoms with Gasteiger partial charge in [0.2, 0.25) is 0 Å². The SMILES string of the molecule is CC(O)CN(CC(C)O)C(=O)c1ccc(Cl)cc1. The molecule has 2 unspecified atom stereocenters. The van der Waals surface area contributed by atoms with Crippen LogP contribution in [0.15, 0.2) is 24.3 Å². The van der Waals surface area contributed by atoms with Gasteiger partial charge in [-0.25, -0.2) is 0 Å². The van der Waals surface area contributed by atoms with Gasteiger partial charge in [-0.1, -0.05) is 11.6 Å². The zero-order valence-electron chi connectivity index (χ0n) is 10.5. The van der Waals surface area contributed by atoms with E-state index < -0.39 is 12.2 Å². The number of hydrogen-bond donors (Lipinski definition) is 2. The van der Waals surface area contributed by atoms with Crippen molar-refractivity contribution >= 4 is 17.5 Å². The summed E-state index contributed by atoms with van der Waals surface area (Å²) in [4.78, 5) is 13.6. The molecule has 2 N–H and O–H groups in total. The summed E-state index contributed by atoms with van der Waals surface area (Å²) in [5.41, 5.74) is 0.487.